The normalized spacial score (nSPS) is 13.0. The standard InChI is InChI=1S/C22H24N2O5S/c1-28-13-10-18-23-20-19(16-4-2-5-17(16)30-20)21(25)24(18)11-3-12-29-15-8-6-14(7-9-15)22(26)27/h6-9H,2-5,10-13H2,1H3,(H,26,27). The largest absolute Gasteiger partial charge is 0.494 e. The Morgan fingerprint density at radius 3 is 2.77 bits per heavy atom. The molecule has 1 aliphatic rings. The molecule has 3 aromatic rings. The highest BCUT2D eigenvalue weighted by atomic mass is 32.1. The van der Waals surface area contributed by atoms with Crippen LogP contribution in [-0.4, -0.2) is 41.0 Å². The van der Waals surface area contributed by atoms with Crippen LogP contribution >= 0.6 is 11.3 Å². The summed E-state index contributed by atoms with van der Waals surface area (Å²) in [5.74, 6) is 0.392. The number of thiophene rings is 1. The number of nitrogens with zero attached hydrogens (tertiary/aromatic N) is 2. The van der Waals surface area contributed by atoms with Crippen LogP contribution in [0.3, 0.4) is 0 Å². The number of carboxylic acids is 1. The molecule has 0 bridgehead atoms. The maximum absolute atomic E-state index is 13.3. The summed E-state index contributed by atoms with van der Waals surface area (Å²) in [5, 5.41) is 9.75. The fourth-order valence-electron chi connectivity index (χ4n) is 3.84. The fourth-order valence-corrected chi connectivity index (χ4v) is 5.11. The van der Waals surface area contributed by atoms with E-state index in [0.29, 0.717) is 38.3 Å². The van der Waals surface area contributed by atoms with E-state index in [9.17, 15) is 9.59 Å². The number of methoxy groups -OCH3 is 1. The van der Waals surface area contributed by atoms with E-state index >= 15 is 0 Å². The number of fused-ring (bicyclic) bond motifs is 3. The van der Waals surface area contributed by atoms with E-state index in [1.807, 2.05) is 0 Å². The molecule has 30 heavy (non-hydrogen) atoms. The van der Waals surface area contributed by atoms with Gasteiger partial charge >= 0.3 is 5.97 Å². The predicted octanol–water partition coefficient (Wildman–Crippen LogP) is 3.30. The van der Waals surface area contributed by atoms with Gasteiger partial charge in [-0.25, -0.2) is 9.78 Å². The highest BCUT2D eigenvalue weighted by Gasteiger charge is 2.23. The van der Waals surface area contributed by atoms with Crippen molar-refractivity contribution in [1.82, 2.24) is 9.55 Å². The quantitative estimate of drug-likeness (QED) is 0.526. The lowest BCUT2D eigenvalue weighted by Crippen LogP contribution is -2.27. The van der Waals surface area contributed by atoms with Crippen molar-refractivity contribution in [2.45, 2.75) is 38.6 Å². The van der Waals surface area contributed by atoms with Crippen molar-refractivity contribution < 1.29 is 19.4 Å². The highest BCUT2D eigenvalue weighted by molar-refractivity contribution is 7.18. The number of aryl methyl sites for hydroxylation is 2. The topological polar surface area (TPSA) is 90.6 Å². The van der Waals surface area contributed by atoms with Gasteiger partial charge in [-0.15, -0.1) is 11.3 Å². The Hall–Kier alpha value is -2.71. The molecule has 8 heteroatoms. The molecule has 158 valence electrons. The lowest BCUT2D eigenvalue weighted by Gasteiger charge is -2.13. The maximum Gasteiger partial charge on any atom is 0.335 e. The summed E-state index contributed by atoms with van der Waals surface area (Å²) in [5.41, 5.74) is 1.45. The Kier molecular flexibility index (Phi) is 6.15. The van der Waals surface area contributed by atoms with Crippen LogP contribution in [0.5, 0.6) is 5.75 Å². The minimum absolute atomic E-state index is 0.0383. The molecule has 0 fully saturated rings. The number of hydrogen-bond donors (Lipinski definition) is 1. The van der Waals surface area contributed by atoms with Crippen LogP contribution in [0.2, 0.25) is 0 Å². The number of carbonyl (C=O) groups is 1. The lowest BCUT2D eigenvalue weighted by molar-refractivity contribution is 0.0697. The molecule has 1 aliphatic carbocycles. The van der Waals surface area contributed by atoms with Crippen molar-refractivity contribution in [3.63, 3.8) is 0 Å². The second-order valence-corrected chi connectivity index (χ2v) is 8.38. The van der Waals surface area contributed by atoms with E-state index in [0.717, 1.165) is 35.3 Å². The summed E-state index contributed by atoms with van der Waals surface area (Å²) < 4.78 is 12.7. The van der Waals surface area contributed by atoms with Crippen molar-refractivity contribution in [3.8, 4) is 5.75 Å². The van der Waals surface area contributed by atoms with Crippen LogP contribution in [0.15, 0.2) is 29.1 Å². The molecular weight excluding hydrogens is 404 g/mol. The summed E-state index contributed by atoms with van der Waals surface area (Å²) in [7, 11) is 1.64. The molecule has 0 radical (unpaired) electrons. The van der Waals surface area contributed by atoms with Crippen LogP contribution in [0.25, 0.3) is 10.2 Å². The Bertz CT molecular complexity index is 1120. The van der Waals surface area contributed by atoms with E-state index in [-0.39, 0.29) is 11.1 Å². The Labute approximate surface area is 177 Å². The summed E-state index contributed by atoms with van der Waals surface area (Å²) in [6, 6.07) is 6.31. The third-order valence-corrected chi connectivity index (χ3v) is 6.52. The third-order valence-electron chi connectivity index (χ3n) is 5.33. The van der Waals surface area contributed by atoms with Crippen molar-refractivity contribution in [1.29, 1.82) is 0 Å². The van der Waals surface area contributed by atoms with Crippen molar-refractivity contribution in [3.05, 3.63) is 56.4 Å². The number of ether oxygens (including phenoxy) is 2. The number of hydrogen-bond acceptors (Lipinski definition) is 6. The molecule has 0 saturated carbocycles. The monoisotopic (exact) mass is 428 g/mol. The van der Waals surface area contributed by atoms with E-state index in [1.165, 1.54) is 22.6 Å². The van der Waals surface area contributed by atoms with E-state index < -0.39 is 5.97 Å². The van der Waals surface area contributed by atoms with E-state index in [1.54, 1.807) is 35.1 Å². The van der Waals surface area contributed by atoms with Crippen LogP contribution in [0.1, 0.15) is 39.5 Å². The summed E-state index contributed by atoms with van der Waals surface area (Å²) in [4.78, 5) is 31.2. The second-order valence-electron chi connectivity index (χ2n) is 7.30. The van der Waals surface area contributed by atoms with Gasteiger partial charge in [0.05, 0.1) is 24.2 Å². The SMILES string of the molecule is COCCc1nc2sc3c(c2c(=O)n1CCCOc1ccc(C(=O)O)cc1)CCC3. The number of aromatic nitrogens is 2. The smallest absolute Gasteiger partial charge is 0.335 e. The first-order valence-corrected chi connectivity index (χ1v) is 10.9. The minimum Gasteiger partial charge on any atom is -0.494 e. The number of benzene rings is 1. The third kappa shape index (κ3) is 4.11. The first kappa shape index (κ1) is 20.6. The molecule has 7 nitrogen and oxygen atoms in total. The van der Waals surface area contributed by atoms with Crippen LogP contribution in [0, 0.1) is 0 Å². The summed E-state index contributed by atoms with van der Waals surface area (Å²) >= 11 is 1.65. The second kappa shape index (κ2) is 8.97. The van der Waals surface area contributed by atoms with Crippen LogP contribution in [0.4, 0.5) is 0 Å². The molecule has 0 saturated heterocycles. The zero-order chi connectivity index (χ0) is 21.1. The molecule has 0 unspecified atom stereocenters. The number of aromatic carboxylic acids is 1. The first-order valence-electron chi connectivity index (χ1n) is 10.1. The molecule has 1 aromatic carbocycles. The van der Waals surface area contributed by atoms with Gasteiger partial charge in [0, 0.05) is 25.0 Å². The van der Waals surface area contributed by atoms with Crippen molar-refractivity contribution in [2.75, 3.05) is 20.3 Å². The zero-order valence-electron chi connectivity index (χ0n) is 16.8. The Balaban J connectivity index is 1.50. The van der Waals surface area contributed by atoms with Gasteiger partial charge in [-0.3, -0.25) is 9.36 Å². The Morgan fingerprint density at radius 1 is 1.23 bits per heavy atom. The van der Waals surface area contributed by atoms with Crippen LogP contribution in [-0.2, 0) is 30.5 Å². The van der Waals surface area contributed by atoms with Gasteiger partial charge in [-0.05, 0) is 55.5 Å². The van der Waals surface area contributed by atoms with Gasteiger partial charge in [-0.2, -0.15) is 0 Å². The fraction of sp³-hybridized carbons (Fsp3) is 0.409. The summed E-state index contributed by atoms with van der Waals surface area (Å²) in [6.45, 7) is 1.44. The van der Waals surface area contributed by atoms with Gasteiger partial charge in [0.1, 0.15) is 16.4 Å². The Morgan fingerprint density at radius 2 is 2.03 bits per heavy atom. The molecular formula is C22H24N2O5S. The average Bonchev–Trinajstić information content (AvgIpc) is 3.32. The molecule has 2 heterocycles. The molecule has 2 aromatic heterocycles. The van der Waals surface area contributed by atoms with Crippen LogP contribution < -0.4 is 10.3 Å². The molecule has 0 aliphatic heterocycles. The van der Waals surface area contributed by atoms with Crippen molar-refractivity contribution in [2.24, 2.45) is 0 Å². The molecule has 0 amide bonds. The molecule has 0 spiro atoms. The number of carboxylic acid groups (broad SMARTS) is 1. The lowest BCUT2D eigenvalue weighted by atomic mass is 10.2. The zero-order valence-corrected chi connectivity index (χ0v) is 17.7. The number of rotatable bonds is 9. The average molecular weight is 429 g/mol. The van der Waals surface area contributed by atoms with Gasteiger partial charge in [-0.1, -0.05) is 0 Å². The molecule has 0 atom stereocenters. The maximum atomic E-state index is 13.3. The van der Waals surface area contributed by atoms with Gasteiger partial charge in [0.25, 0.3) is 5.56 Å². The molecule has 1 N–H and O–H groups in total. The molecule has 4 rings (SSSR count). The van der Waals surface area contributed by atoms with E-state index in [2.05, 4.69) is 0 Å². The first-order chi connectivity index (χ1) is 14.6. The van der Waals surface area contributed by atoms with Gasteiger partial charge in [0.15, 0.2) is 0 Å². The minimum atomic E-state index is -0.965. The van der Waals surface area contributed by atoms with E-state index in [4.69, 9.17) is 19.6 Å². The predicted molar refractivity (Wildman–Crippen MR) is 115 cm³/mol. The summed E-state index contributed by atoms with van der Waals surface area (Å²) in [6.07, 6.45) is 4.33. The highest BCUT2D eigenvalue weighted by Crippen LogP contribution is 2.34. The van der Waals surface area contributed by atoms with Crippen molar-refractivity contribution >= 4 is 27.5 Å². The van der Waals surface area contributed by atoms with Gasteiger partial charge < -0.3 is 14.6 Å². The van der Waals surface area contributed by atoms with Gasteiger partial charge in [0.2, 0.25) is 0 Å².